The number of nitrogens with one attached hydrogen (secondary N) is 1. The van der Waals surface area contributed by atoms with Gasteiger partial charge in [0.1, 0.15) is 6.04 Å². The second-order valence-corrected chi connectivity index (χ2v) is 4.46. The van der Waals surface area contributed by atoms with Crippen molar-refractivity contribution in [2.24, 2.45) is 0 Å². The van der Waals surface area contributed by atoms with Gasteiger partial charge in [0.05, 0.1) is 7.11 Å². The third-order valence-electron chi connectivity index (χ3n) is 2.65. The van der Waals surface area contributed by atoms with Gasteiger partial charge < -0.3 is 10.1 Å². The summed E-state index contributed by atoms with van der Waals surface area (Å²) in [4.78, 5) is 24.6. The Balaban J connectivity index is 2.58. The standard InChI is InChI=1S/C14H20N2O3/c1-11(17)15-13(14(18)19-3)10-16(2)9-12-7-5-4-6-8-12/h4-8,13H,9-10H2,1-3H3,(H,15,17). The van der Waals surface area contributed by atoms with Crippen molar-refractivity contribution in [1.29, 1.82) is 0 Å². The van der Waals surface area contributed by atoms with Gasteiger partial charge in [-0.15, -0.1) is 0 Å². The van der Waals surface area contributed by atoms with Gasteiger partial charge >= 0.3 is 5.97 Å². The number of benzene rings is 1. The third-order valence-corrected chi connectivity index (χ3v) is 2.65. The van der Waals surface area contributed by atoms with Gasteiger partial charge in [0, 0.05) is 20.0 Å². The van der Waals surface area contributed by atoms with Gasteiger partial charge in [-0.3, -0.25) is 9.69 Å². The SMILES string of the molecule is COC(=O)C(CN(C)Cc1ccccc1)NC(C)=O. The Kier molecular flexibility index (Phi) is 6.02. The maximum atomic E-state index is 11.6. The van der Waals surface area contributed by atoms with E-state index in [-0.39, 0.29) is 5.91 Å². The topological polar surface area (TPSA) is 58.6 Å². The Morgan fingerprint density at radius 3 is 2.47 bits per heavy atom. The molecular weight excluding hydrogens is 244 g/mol. The van der Waals surface area contributed by atoms with Crippen molar-refractivity contribution in [3.8, 4) is 0 Å². The number of hydrogen-bond acceptors (Lipinski definition) is 4. The first-order valence-corrected chi connectivity index (χ1v) is 6.10. The van der Waals surface area contributed by atoms with E-state index in [0.717, 1.165) is 5.56 Å². The van der Waals surface area contributed by atoms with Crippen molar-refractivity contribution in [2.75, 3.05) is 20.7 Å². The molecule has 0 saturated carbocycles. The minimum absolute atomic E-state index is 0.247. The average Bonchev–Trinajstić information content (AvgIpc) is 2.37. The monoisotopic (exact) mass is 264 g/mol. The molecule has 1 amide bonds. The molecule has 0 aliphatic heterocycles. The molecule has 0 spiro atoms. The summed E-state index contributed by atoms with van der Waals surface area (Å²) >= 11 is 0. The van der Waals surface area contributed by atoms with Crippen molar-refractivity contribution in [3.05, 3.63) is 35.9 Å². The highest BCUT2D eigenvalue weighted by atomic mass is 16.5. The number of carbonyl (C=O) groups is 2. The molecule has 1 aromatic carbocycles. The molecule has 1 unspecified atom stereocenters. The molecule has 0 aliphatic carbocycles. The Hall–Kier alpha value is -1.88. The van der Waals surface area contributed by atoms with Crippen LogP contribution in [0.2, 0.25) is 0 Å². The zero-order valence-electron chi connectivity index (χ0n) is 11.6. The van der Waals surface area contributed by atoms with Crippen LogP contribution in [0, 0.1) is 0 Å². The molecule has 0 aromatic heterocycles. The highest BCUT2D eigenvalue weighted by Gasteiger charge is 2.21. The molecule has 0 aliphatic rings. The summed E-state index contributed by atoms with van der Waals surface area (Å²) in [5.41, 5.74) is 1.15. The molecule has 0 heterocycles. The van der Waals surface area contributed by atoms with Crippen molar-refractivity contribution < 1.29 is 14.3 Å². The second-order valence-electron chi connectivity index (χ2n) is 4.46. The summed E-state index contributed by atoms with van der Waals surface area (Å²) in [5.74, 6) is -0.682. The van der Waals surface area contributed by atoms with Crippen molar-refractivity contribution >= 4 is 11.9 Å². The van der Waals surface area contributed by atoms with Gasteiger partial charge in [0.15, 0.2) is 0 Å². The Morgan fingerprint density at radius 1 is 1.32 bits per heavy atom. The second kappa shape index (κ2) is 7.53. The average molecular weight is 264 g/mol. The zero-order valence-corrected chi connectivity index (χ0v) is 11.6. The molecule has 5 heteroatoms. The number of methoxy groups -OCH3 is 1. The minimum Gasteiger partial charge on any atom is -0.467 e. The molecule has 1 N–H and O–H groups in total. The summed E-state index contributed by atoms with van der Waals surface area (Å²) in [5, 5.41) is 2.59. The number of nitrogens with zero attached hydrogens (tertiary/aromatic N) is 1. The normalized spacial score (nSPS) is 12.0. The lowest BCUT2D eigenvalue weighted by molar-refractivity contribution is -0.145. The molecule has 1 aromatic rings. The predicted molar refractivity (Wildman–Crippen MR) is 72.4 cm³/mol. The van der Waals surface area contributed by atoms with E-state index in [0.29, 0.717) is 13.1 Å². The zero-order chi connectivity index (χ0) is 14.3. The molecule has 0 saturated heterocycles. The molecule has 1 rings (SSSR count). The predicted octanol–water partition coefficient (Wildman–Crippen LogP) is 0.796. The molecular formula is C14H20N2O3. The molecule has 0 fully saturated rings. The van der Waals surface area contributed by atoms with Crippen molar-refractivity contribution in [3.63, 3.8) is 0 Å². The fourth-order valence-corrected chi connectivity index (χ4v) is 1.84. The van der Waals surface area contributed by atoms with Crippen LogP contribution >= 0.6 is 0 Å². The fraction of sp³-hybridized carbons (Fsp3) is 0.429. The number of ether oxygens (including phenoxy) is 1. The number of carbonyl (C=O) groups excluding carboxylic acids is 2. The summed E-state index contributed by atoms with van der Waals surface area (Å²) in [7, 11) is 3.21. The van der Waals surface area contributed by atoms with Crippen LogP contribution in [0.15, 0.2) is 30.3 Å². The van der Waals surface area contributed by atoms with E-state index >= 15 is 0 Å². The fourth-order valence-electron chi connectivity index (χ4n) is 1.84. The maximum Gasteiger partial charge on any atom is 0.329 e. The quantitative estimate of drug-likeness (QED) is 0.772. The molecule has 19 heavy (non-hydrogen) atoms. The largest absolute Gasteiger partial charge is 0.467 e. The lowest BCUT2D eigenvalue weighted by Crippen LogP contribution is -2.47. The number of likely N-dealkylation sites (N-methyl/N-ethyl adjacent to an activating group) is 1. The van der Waals surface area contributed by atoms with Gasteiger partial charge in [-0.05, 0) is 12.6 Å². The number of amides is 1. The van der Waals surface area contributed by atoms with Crippen LogP contribution in [-0.4, -0.2) is 43.5 Å². The number of hydrogen-bond donors (Lipinski definition) is 1. The van der Waals surface area contributed by atoms with Crippen LogP contribution in [0.3, 0.4) is 0 Å². The third kappa shape index (κ3) is 5.52. The van der Waals surface area contributed by atoms with E-state index in [1.165, 1.54) is 14.0 Å². The van der Waals surface area contributed by atoms with Crippen LogP contribution in [0.4, 0.5) is 0 Å². The van der Waals surface area contributed by atoms with E-state index < -0.39 is 12.0 Å². The molecule has 5 nitrogen and oxygen atoms in total. The van der Waals surface area contributed by atoms with Crippen molar-refractivity contribution in [1.82, 2.24) is 10.2 Å². The van der Waals surface area contributed by atoms with E-state index in [1.54, 1.807) is 0 Å². The lowest BCUT2D eigenvalue weighted by atomic mass is 10.2. The Morgan fingerprint density at radius 2 is 1.95 bits per heavy atom. The Bertz CT molecular complexity index is 420. The smallest absolute Gasteiger partial charge is 0.329 e. The van der Waals surface area contributed by atoms with Gasteiger partial charge in [0.25, 0.3) is 0 Å². The summed E-state index contributed by atoms with van der Waals surface area (Å²) in [6.45, 7) is 2.49. The highest BCUT2D eigenvalue weighted by molar-refractivity contribution is 5.83. The van der Waals surface area contributed by atoms with Crippen LogP contribution < -0.4 is 5.32 Å². The van der Waals surface area contributed by atoms with Crippen LogP contribution in [0.1, 0.15) is 12.5 Å². The van der Waals surface area contributed by atoms with E-state index in [2.05, 4.69) is 10.1 Å². The maximum absolute atomic E-state index is 11.6. The van der Waals surface area contributed by atoms with Crippen LogP contribution in [0.25, 0.3) is 0 Å². The Labute approximate surface area is 113 Å². The van der Waals surface area contributed by atoms with Gasteiger partial charge in [0.2, 0.25) is 5.91 Å². The van der Waals surface area contributed by atoms with E-state index in [1.807, 2.05) is 42.3 Å². The molecule has 0 bridgehead atoms. The van der Waals surface area contributed by atoms with E-state index in [9.17, 15) is 9.59 Å². The van der Waals surface area contributed by atoms with Gasteiger partial charge in [-0.2, -0.15) is 0 Å². The van der Waals surface area contributed by atoms with Gasteiger partial charge in [-0.25, -0.2) is 4.79 Å². The lowest BCUT2D eigenvalue weighted by Gasteiger charge is -2.22. The van der Waals surface area contributed by atoms with Gasteiger partial charge in [-0.1, -0.05) is 30.3 Å². The highest BCUT2D eigenvalue weighted by Crippen LogP contribution is 2.03. The van der Waals surface area contributed by atoms with Crippen molar-refractivity contribution in [2.45, 2.75) is 19.5 Å². The molecule has 0 radical (unpaired) electrons. The summed E-state index contributed by atoms with van der Waals surface area (Å²) in [6.07, 6.45) is 0. The minimum atomic E-state index is -0.642. The molecule has 104 valence electrons. The first kappa shape index (κ1) is 15.2. The molecule has 1 atom stereocenters. The first-order valence-electron chi connectivity index (χ1n) is 6.10. The summed E-state index contributed by atoms with van der Waals surface area (Å²) < 4.78 is 4.68. The number of esters is 1. The van der Waals surface area contributed by atoms with Crippen LogP contribution in [0.5, 0.6) is 0 Å². The first-order chi connectivity index (χ1) is 9.02. The number of rotatable bonds is 6. The van der Waals surface area contributed by atoms with E-state index in [4.69, 9.17) is 0 Å². The summed E-state index contributed by atoms with van der Waals surface area (Å²) in [6, 6.07) is 9.28. The van der Waals surface area contributed by atoms with Crippen LogP contribution in [-0.2, 0) is 20.9 Å².